The largest absolute Gasteiger partial charge is 0.390 e. The minimum absolute atomic E-state index is 0.0410. The van der Waals surface area contributed by atoms with Gasteiger partial charge in [-0.15, -0.1) is 0 Å². The standard InChI is InChI=1S/C19H25NO4/c21-16-5-10-24-19(17(16)22)6-8-20(9-7-19)18(23)15-11-13-3-1-2-4-14(13)12-15/h1-4,15-17,21-22H,5-12H2/t16-,17-/m0/s1. The fourth-order valence-corrected chi connectivity index (χ4v) is 4.51. The van der Waals surface area contributed by atoms with Gasteiger partial charge in [0, 0.05) is 19.0 Å². The molecular weight excluding hydrogens is 306 g/mol. The third kappa shape index (κ3) is 2.65. The van der Waals surface area contributed by atoms with E-state index in [2.05, 4.69) is 12.1 Å². The number of hydrogen-bond donors (Lipinski definition) is 2. The van der Waals surface area contributed by atoms with Crippen molar-refractivity contribution in [1.29, 1.82) is 0 Å². The number of nitrogens with zero attached hydrogens (tertiary/aromatic N) is 1. The molecule has 2 atom stereocenters. The van der Waals surface area contributed by atoms with Crippen molar-refractivity contribution in [3.8, 4) is 0 Å². The van der Waals surface area contributed by atoms with Crippen LogP contribution in [0.15, 0.2) is 24.3 Å². The molecule has 2 fully saturated rings. The quantitative estimate of drug-likeness (QED) is 0.802. The van der Waals surface area contributed by atoms with Crippen LogP contribution in [-0.2, 0) is 22.4 Å². The molecule has 0 aromatic heterocycles. The number of likely N-dealkylation sites (tertiary alicyclic amines) is 1. The van der Waals surface area contributed by atoms with Crippen molar-refractivity contribution in [2.45, 2.75) is 49.9 Å². The van der Waals surface area contributed by atoms with Crippen LogP contribution in [0.1, 0.15) is 30.4 Å². The van der Waals surface area contributed by atoms with Crippen LogP contribution in [0.3, 0.4) is 0 Å². The Morgan fingerprint density at radius 1 is 1.12 bits per heavy atom. The lowest BCUT2D eigenvalue weighted by Gasteiger charge is -2.48. The zero-order valence-corrected chi connectivity index (χ0v) is 13.9. The highest BCUT2D eigenvalue weighted by atomic mass is 16.5. The van der Waals surface area contributed by atoms with E-state index in [1.54, 1.807) is 0 Å². The van der Waals surface area contributed by atoms with Gasteiger partial charge in [0.25, 0.3) is 0 Å². The highest BCUT2D eigenvalue weighted by Gasteiger charge is 2.48. The normalized spacial score (nSPS) is 29.7. The number of benzene rings is 1. The molecule has 2 saturated heterocycles. The summed E-state index contributed by atoms with van der Waals surface area (Å²) in [5, 5.41) is 20.3. The molecule has 4 rings (SSSR count). The molecule has 3 aliphatic rings. The topological polar surface area (TPSA) is 70.0 Å². The van der Waals surface area contributed by atoms with Crippen LogP contribution in [0, 0.1) is 5.92 Å². The molecule has 0 saturated carbocycles. The average molecular weight is 331 g/mol. The third-order valence-electron chi connectivity index (χ3n) is 6.03. The van der Waals surface area contributed by atoms with Crippen molar-refractivity contribution in [1.82, 2.24) is 4.90 Å². The van der Waals surface area contributed by atoms with E-state index in [0.29, 0.717) is 39.0 Å². The van der Waals surface area contributed by atoms with Gasteiger partial charge < -0.3 is 19.8 Å². The van der Waals surface area contributed by atoms with Crippen LogP contribution >= 0.6 is 0 Å². The number of hydrogen-bond acceptors (Lipinski definition) is 4. The Morgan fingerprint density at radius 3 is 2.38 bits per heavy atom. The van der Waals surface area contributed by atoms with Gasteiger partial charge in [-0.25, -0.2) is 0 Å². The molecule has 0 radical (unpaired) electrons. The minimum Gasteiger partial charge on any atom is -0.390 e. The molecule has 24 heavy (non-hydrogen) atoms. The number of aliphatic hydroxyl groups is 2. The maximum atomic E-state index is 12.9. The Balaban J connectivity index is 1.39. The van der Waals surface area contributed by atoms with Crippen molar-refractivity contribution < 1.29 is 19.7 Å². The molecule has 5 nitrogen and oxygen atoms in total. The van der Waals surface area contributed by atoms with E-state index in [1.165, 1.54) is 11.1 Å². The lowest BCUT2D eigenvalue weighted by atomic mass is 9.80. The van der Waals surface area contributed by atoms with Gasteiger partial charge in [0.15, 0.2) is 0 Å². The highest BCUT2D eigenvalue weighted by molar-refractivity contribution is 5.80. The van der Waals surface area contributed by atoms with Crippen molar-refractivity contribution in [3.63, 3.8) is 0 Å². The van der Waals surface area contributed by atoms with Crippen molar-refractivity contribution in [2.24, 2.45) is 5.92 Å². The molecule has 5 heteroatoms. The van der Waals surface area contributed by atoms with Crippen LogP contribution in [0.25, 0.3) is 0 Å². The van der Waals surface area contributed by atoms with Gasteiger partial charge in [-0.3, -0.25) is 4.79 Å². The second-order valence-electron chi connectivity index (χ2n) is 7.41. The first kappa shape index (κ1) is 16.1. The molecule has 1 aromatic rings. The lowest BCUT2D eigenvalue weighted by Crippen LogP contribution is -2.60. The summed E-state index contributed by atoms with van der Waals surface area (Å²) in [4.78, 5) is 14.8. The first-order chi connectivity index (χ1) is 11.6. The maximum absolute atomic E-state index is 12.9. The number of ether oxygens (including phenoxy) is 1. The molecule has 1 spiro atoms. The summed E-state index contributed by atoms with van der Waals surface area (Å²) in [6.07, 6.45) is 1.76. The summed E-state index contributed by atoms with van der Waals surface area (Å²) in [7, 11) is 0. The summed E-state index contributed by atoms with van der Waals surface area (Å²) >= 11 is 0. The van der Waals surface area contributed by atoms with E-state index in [1.807, 2.05) is 17.0 Å². The number of carbonyl (C=O) groups excluding carboxylic acids is 1. The number of fused-ring (bicyclic) bond motifs is 1. The molecule has 1 aromatic carbocycles. The van der Waals surface area contributed by atoms with Crippen LogP contribution in [0.4, 0.5) is 0 Å². The number of amides is 1. The Labute approximate surface area is 142 Å². The van der Waals surface area contributed by atoms with Crippen LogP contribution in [0.5, 0.6) is 0 Å². The summed E-state index contributed by atoms with van der Waals surface area (Å²) in [6, 6.07) is 8.29. The van der Waals surface area contributed by atoms with E-state index in [0.717, 1.165) is 12.8 Å². The minimum atomic E-state index is -0.848. The monoisotopic (exact) mass is 331 g/mol. The molecule has 2 N–H and O–H groups in total. The Kier molecular flexibility index (Phi) is 4.11. The number of piperidine rings is 1. The highest BCUT2D eigenvalue weighted by Crippen LogP contribution is 2.36. The average Bonchev–Trinajstić information content (AvgIpc) is 3.04. The number of aliphatic hydroxyl groups excluding tert-OH is 2. The van der Waals surface area contributed by atoms with E-state index in [9.17, 15) is 15.0 Å². The van der Waals surface area contributed by atoms with E-state index in [-0.39, 0.29) is 11.8 Å². The fraction of sp³-hybridized carbons (Fsp3) is 0.632. The van der Waals surface area contributed by atoms with Crippen molar-refractivity contribution >= 4 is 5.91 Å². The molecule has 2 aliphatic heterocycles. The maximum Gasteiger partial charge on any atom is 0.226 e. The molecule has 130 valence electrons. The van der Waals surface area contributed by atoms with Gasteiger partial charge >= 0.3 is 0 Å². The van der Waals surface area contributed by atoms with Gasteiger partial charge in [0.2, 0.25) is 5.91 Å². The van der Waals surface area contributed by atoms with Gasteiger partial charge in [-0.05, 0) is 43.2 Å². The second kappa shape index (κ2) is 6.14. The van der Waals surface area contributed by atoms with Crippen LogP contribution in [0.2, 0.25) is 0 Å². The Morgan fingerprint density at radius 2 is 1.75 bits per heavy atom. The SMILES string of the molecule is O=C(C1Cc2ccccc2C1)N1CCC2(CC1)OCC[C@H](O)[C@@H]2O. The predicted octanol–water partition coefficient (Wildman–Crippen LogP) is 0.905. The van der Waals surface area contributed by atoms with Crippen molar-refractivity contribution in [2.75, 3.05) is 19.7 Å². The van der Waals surface area contributed by atoms with Gasteiger partial charge in [0.05, 0.1) is 18.3 Å². The lowest BCUT2D eigenvalue weighted by molar-refractivity contribution is -0.214. The van der Waals surface area contributed by atoms with E-state index < -0.39 is 17.8 Å². The molecule has 2 heterocycles. The van der Waals surface area contributed by atoms with E-state index in [4.69, 9.17) is 4.74 Å². The number of carbonyl (C=O) groups is 1. The Bertz CT molecular complexity index is 599. The zero-order valence-electron chi connectivity index (χ0n) is 13.9. The predicted molar refractivity (Wildman–Crippen MR) is 88.5 cm³/mol. The first-order valence-electron chi connectivity index (χ1n) is 8.95. The van der Waals surface area contributed by atoms with Crippen molar-refractivity contribution in [3.05, 3.63) is 35.4 Å². The van der Waals surface area contributed by atoms with Gasteiger partial charge in [0.1, 0.15) is 6.10 Å². The summed E-state index contributed by atoms with van der Waals surface area (Å²) in [5.41, 5.74) is 1.91. The molecule has 0 bridgehead atoms. The summed E-state index contributed by atoms with van der Waals surface area (Å²) in [6.45, 7) is 1.66. The third-order valence-corrected chi connectivity index (χ3v) is 6.03. The van der Waals surface area contributed by atoms with Gasteiger partial charge in [-0.2, -0.15) is 0 Å². The smallest absolute Gasteiger partial charge is 0.226 e. The first-order valence-corrected chi connectivity index (χ1v) is 8.95. The van der Waals surface area contributed by atoms with Crippen LogP contribution < -0.4 is 0 Å². The molecule has 0 unspecified atom stereocenters. The van der Waals surface area contributed by atoms with Gasteiger partial charge in [-0.1, -0.05) is 24.3 Å². The Hall–Kier alpha value is -1.43. The summed E-state index contributed by atoms with van der Waals surface area (Å²) < 4.78 is 5.85. The second-order valence-corrected chi connectivity index (χ2v) is 7.41. The van der Waals surface area contributed by atoms with Crippen LogP contribution in [-0.4, -0.2) is 58.5 Å². The van der Waals surface area contributed by atoms with E-state index >= 15 is 0 Å². The summed E-state index contributed by atoms with van der Waals surface area (Å²) in [5.74, 6) is 0.256. The molecule has 1 amide bonds. The molecule has 1 aliphatic carbocycles. The number of rotatable bonds is 1. The fourth-order valence-electron chi connectivity index (χ4n) is 4.51. The molecular formula is C19H25NO4. The zero-order chi connectivity index (χ0) is 16.7.